The first-order chi connectivity index (χ1) is 8.94. The van der Waals surface area contributed by atoms with E-state index in [0.29, 0.717) is 16.6 Å². The Morgan fingerprint density at radius 2 is 2.26 bits per heavy atom. The highest BCUT2D eigenvalue weighted by Gasteiger charge is 2.23. The Bertz CT molecular complexity index is 524. The number of halogens is 1. The average molecular weight is 369 g/mol. The van der Waals surface area contributed by atoms with Crippen LogP contribution in [0.1, 0.15) is 13.3 Å². The molecule has 1 unspecified atom stereocenters. The second-order valence-electron chi connectivity index (χ2n) is 3.83. The highest BCUT2D eigenvalue weighted by molar-refractivity contribution is 9.10. The predicted octanol–water partition coefficient (Wildman–Crippen LogP) is 1.55. The van der Waals surface area contributed by atoms with Gasteiger partial charge in [0, 0.05) is 22.5 Å². The molecule has 0 aromatic carbocycles. The van der Waals surface area contributed by atoms with E-state index < -0.39 is 10.0 Å². The van der Waals surface area contributed by atoms with E-state index in [-0.39, 0.29) is 16.8 Å². The number of anilines is 1. The number of hydrogen-bond acceptors (Lipinski definition) is 6. The number of thioether (sulfide) groups is 1. The van der Waals surface area contributed by atoms with Crippen LogP contribution in [0.3, 0.4) is 0 Å². The Kier molecular flexibility index (Phi) is 6.54. The molecule has 4 N–H and O–H groups in total. The average Bonchev–Trinajstić information content (AvgIpc) is 2.38. The molecule has 1 rings (SSSR count). The van der Waals surface area contributed by atoms with E-state index in [0.717, 1.165) is 0 Å². The van der Waals surface area contributed by atoms with Gasteiger partial charge in [-0.3, -0.25) is 0 Å². The summed E-state index contributed by atoms with van der Waals surface area (Å²) in [4.78, 5) is 3.97. The highest BCUT2D eigenvalue weighted by atomic mass is 79.9. The lowest BCUT2D eigenvalue weighted by Crippen LogP contribution is -2.36. The summed E-state index contributed by atoms with van der Waals surface area (Å²) in [6, 6.07) is 1.35. The maximum absolute atomic E-state index is 12.3. The number of nitrogens with one attached hydrogen (secondary N) is 2. The first kappa shape index (κ1) is 16.7. The number of nitrogens with two attached hydrogens (primary N) is 1. The van der Waals surface area contributed by atoms with Crippen LogP contribution in [0.4, 0.5) is 5.82 Å². The van der Waals surface area contributed by atoms with E-state index >= 15 is 0 Å². The van der Waals surface area contributed by atoms with E-state index in [2.05, 4.69) is 31.1 Å². The number of nitrogens with zero attached hydrogens (tertiary/aromatic N) is 1. The van der Waals surface area contributed by atoms with Gasteiger partial charge in [-0.2, -0.15) is 11.8 Å². The number of hydrogen-bond donors (Lipinski definition) is 3. The van der Waals surface area contributed by atoms with E-state index in [1.54, 1.807) is 11.8 Å². The summed E-state index contributed by atoms with van der Waals surface area (Å²) >= 11 is 4.80. The van der Waals surface area contributed by atoms with Crippen LogP contribution in [0.2, 0.25) is 0 Å². The number of rotatable bonds is 7. The molecule has 6 nitrogen and oxygen atoms in total. The molecule has 0 saturated heterocycles. The molecule has 1 aromatic heterocycles. The molecule has 1 heterocycles. The third-order valence-electron chi connectivity index (χ3n) is 2.43. The van der Waals surface area contributed by atoms with Crippen molar-refractivity contribution in [1.29, 1.82) is 0 Å². The molecule has 0 fully saturated rings. The fraction of sp³-hybridized carbons (Fsp3) is 0.500. The first-order valence-corrected chi connectivity index (χ1v) is 9.25. The van der Waals surface area contributed by atoms with Crippen molar-refractivity contribution in [2.24, 2.45) is 5.84 Å². The van der Waals surface area contributed by atoms with Crippen molar-refractivity contribution in [3.63, 3.8) is 0 Å². The van der Waals surface area contributed by atoms with Gasteiger partial charge in [-0.25, -0.2) is 24.0 Å². The van der Waals surface area contributed by atoms with Crippen LogP contribution >= 0.6 is 27.7 Å². The number of nitrogen functional groups attached to an aromatic ring is 1. The number of hydrazine groups is 1. The predicted molar refractivity (Wildman–Crippen MR) is 82.5 cm³/mol. The van der Waals surface area contributed by atoms with Crippen LogP contribution in [0.5, 0.6) is 0 Å². The van der Waals surface area contributed by atoms with Gasteiger partial charge in [0.15, 0.2) is 5.82 Å². The molecular formula is C10H17BrN4O2S2. The van der Waals surface area contributed by atoms with Gasteiger partial charge in [0.25, 0.3) is 0 Å². The molecule has 0 aliphatic carbocycles. The van der Waals surface area contributed by atoms with Gasteiger partial charge in [0.2, 0.25) is 10.0 Å². The number of aromatic nitrogens is 1. The van der Waals surface area contributed by atoms with Crippen molar-refractivity contribution < 1.29 is 8.42 Å². The third kappa shape index (κ3) is 4.60. The Hall–Kier alpha value is -0.350. The zero-order valence-corrected chi connectivity index (χ0v) is 13.9. The molecule has 1 atom stereocenters. The maximum atomic E-state index is 12.3. The smallest absolute Gasteiger partial charge is 0.244 e. The van der Waals surface area contributed by atoms with E-state index in [9.17, 15) is 8.42 Å². The van der Waals surface area contributed by atoms with Gasteiger partial charge < -0.3 is 5.43 Å². The van der Waals surface area contributed by atoms with Crippen molar-refractivity contribution >= 4 is 43.5 Å². The second-order valence-corrected chi connectivity index (χ2v) is 7.34. The highest BCUT2D eigenvalue weighted by Crippen LogP contribution is 2.22. The van der Waals surface area contributed by atoms with Crippen LogP contribution in [0.15, 0.2) is 21.6 Å². The van der Waals surface area contributed by atoms with Crippen molar-refractivity contribution in [3.8, 4) is 0 Å². The molecule has 0 bridgehead atoms. The first-order valence-electron chi connectivity index (χ1n) is 5.58. The minimum atomic E-state index is -3.66. The summed E-state index contributed by atoms with van der Waals surface area (Å²) in [5, 5.41) is 0. The van der Waals surface area contributed by atoms with Crippen molar-refractivity contribution in [1.82, 2.24) is 9.71 Å². The molecule has 0 spiro atoms. The Balaban J connectivity index is 3.09. The molecule has 0 amide bonds. The van der Waals surface area contributed by atoms with Gasteiger partial charge in [0.05, 0.1) is 0 Å². The Morgan fingerprint density at radius 1 is 1.58 bits per heavy atom. The number of sulfonamides is 1. The van der Waals surface area contributed by atoms with Gasteiger partial charge in [0.1, 0.15) is 4.90 Å². The lowest BCUT2D eigenvalue weighted by molar-refractivity contribution is 0.558. The second kappa shape index (κ2) is 7.44. The van der Waals surface area contributed by atoms with Gasteiger partial charge in [-0.1, -0.05) is 6.92 Å². The quantitative estimate of drug-likeness (QED) is 0.498. The van der Waals surface area contributed by atoms with Crippen LogP contribution < -0.4 is 16.0 Å². The summed E-state index contributed by atoms with van der Waals surface area (Å²) in [6.07, 6.45) is 4.13. The van der Waals surface area contributed by atoms with Crippen molar-refractivity contribution in [2.75, 3.05) is 17.4 Å². The molecule has 0 radical (unpaired) electrons. The minimum absolute atomic E-state index is 0.0314. The summed E-state index contributed by atoms with van der Waals surface area (Å²) in [5.41, 5.74) is 2.30. The molecule has 19 heavy (non-hydrogen) atoms. The summed E-state index contributed by atoms with van der Waals surface area (Å²) < 4.78 is 27.9. The van der Waals surface area contributed by atoms with Crippen LogP contribution in [-0.2, 0) is 10.0 Å². The zero-order chi connectivity index (χ0) is 14.5. The molecule has 1 aromatic rings. The van der Waals surface area contributed by atoms with Crippen molar-refractivity contribution in [3.05, 3.63) is 16.7 Å². The SMILES string of the molecule is CCC(CSC)NS(=O)(=O)c1cc(Br)cnc1NN. The molecule has 9 heteroatoms. The maximum Gasteiger partial charge on any atom is 0.244 e. The lowest BCUT2D eigenvalue weighted by Gasteiger charge is -2.17. The molecule has 108 valence electrons. The Labute approximate surface area is 126 Å². The number of pyridine rings is 1. The van der Waals surface area contributed by atoms with Crippen molar-refractivity contribution in [2.45, 2.75) is 24.3 Å². The fourth-order valence-electron chi connectivity index (χ4n) is 1.45. The zero-order valence-electron chi connectivity index (χ0n) is 10.7. The van der Waals surface area contributed by atoms with E-state index in [4.69, 9.17) is 5.84 Å². The third-order valence-corrected chi connectivity index (χ3v) is 5.13. The Morgan fingerprint density at radius 3 is 2.79 bits per heavy atom. The minimum Gasteiger partial charge on any atom is -0.307 e. The molecule has 0 aliphatic heterocycles. The van der Waals surface area contributed by atoms with Gasteiger partial charge in [-0.05, 0) is 34.7 Å². The fourth-order valence-corrected chi connectivity index (χ4v) is 4.23. The molecular weight excluding hydrogens is 352 g/mol. The topological polar surface area (TPSA) is 97.1 Å². The van der Waals surface area contributed by atoms with Crippen LogP contribution in [-0.4, -0.2) is 31.5 Å². The normalized spacial score (nSPS) is 13.3. The van der Waals surface area contributed by atoms with Crippen LogP contribution in [0, 0.1) is 0 Å². The van der Waals surface area contributed by atoms with E-state index in [1.165, 1.54) is 12.3 Å². The monoisotopic (exact) mass is 368 g/mol. The summed E-state index contributed by atoms with van der Waals surface area (Å²) in [6.45, 7) is 1.94. The molecule has 0 saturated carbocycles. The molecule has 0 aliphatic rings. The largest absolute Gasteiger partial charge is 0.307 e. The van der Waals surface area contributed by atoms with Gasteiger partial charge in [-0.15, -0.1) is 0 Å². The lowest BCUT2D eigenvalue weighted by atomic mass is 10.3. The van der Waals surface area contributed by atoms with Crippen LogP contribution in [0.25, 0.3) is 0 Å². The summed E-state index contributed by atoms with van der Waals surface area (Å²) in [5.74, 6) is 6.13. The standard InChI is InChI=1S/C10H17BrN4O2S2/c1-3-8(6-18-2)15-19(16,17)9-4-7(11)5-13-10(9)14-12/h4-5,8,15H,3,6,12H2,1-2H3,(H,13,14). The van der Waals surface area contributed by atoms with Gasteiger partial charge >= 0.3 is 0 Å². The van der Waals surface area contributed by atoms with E-state index in [1.807, 2.05) is 13.2 Å². The summed E-state index contributed by atoms with van der Waals surface area (Å²) in [7, 11) is -3.66.